The summed E-state index contributed by atoms with van der Waals surface area (Å²) in [5.41, 5.74) is 1.52. The first kappa shape index (κ1) is 12.7. The van der Waals surface area contributed by atoms with Crippen LogP contribution in [0.3, 0.4) is 0 Å². The first-order valence-electron chi connectivity index (χ1n) is 5.18. The third-order valence-corrected chi connectivity index (χ3v) is 4.08. The molecule has 0 aliphatic rings. The normalized spacial score (nSPS) is 10.8. The van der Waals surface area contributed by atoms with Crippen molar-refractivity contribution in [3.05, 3.63) is 39.1 Å². The van der Waals surface area contributed by atoms with Crippen molar-refractivity contribution < 1.29 is 4.39 Å². The number of rotatable bonds is 3. The van der Waals surface area contributed by atoms with Crippen LogP contribution < -0.4 is 5.32 Å². The molecule has 0 amide bonds. The maximum Gasteiger partial charge on any atom is 0.134 e. The monoisotopic (exact) mass is 314 g/mol. The Labute approximate surface area is 112 Å². The van der Waals surface area contributed by atoms with Crippen molar-refractivity contribution in [2.24, 2.45) is 0 Å². The van der Waals surface area contributed by atoms with Gasteiger partial charge in [-0.1, -0.05) is 15.9 Å². The van der Waals surface area contributed by atoms with Gasteiger partial charge in [-0.05, 0) is 32.2 Å². The van der Waals surface area contributed by atoms with Gasteiger partial charge in [0.25, 0.3) is 0 Å². The van der Waals surface area contributed by atoms with Crippen molar-refractivity contribution in [2.75, 3.05) is 7.05 Å². The molecule has 2 nitrogen and oxygen atoms in total. The predicted octanol–water partition coefficient (Wildman–Crippen LogP) is 3.74. The van der Waals surface area contributed by atoms with Crippen LogP contribution in [0.2, 0.25) is 0 Å². The van der Waals surface area contributed by atoms with E-state index >= 15 is 0 Å². The zero-order valence-electron chi connectivity index (χ0n) is 9.55. The van der Waals surface area contributed by atoms with Crippen molar-refractivity contribution in [3.63, 3.8) is 0 Å². The number of aromatic nitrogens is 1. The van der Waals surface area contributed by atoms with Gasteiger partial charge in [0, 0.05) is 21.5 Å². The Balaban J connectivity index is 2.42. The Hall–Kier alpha value is -0.780. The molecule has 0 bridgehead atoms. The molecule has 0 aliphatic carbocycles. The average molecular weight is 315 g/mol. The molecular formula is C12H12BrFN2S. The fraction of sp³-hybridized carbons (Fsp3) is 0.250. The Bertz CT molecular complexity index is 539. The number of hydrogen-bond donors (Lipinski definition) is 1. The van der Waals surface area contributed by atoms with E-state index in [-0.39, 0.29) is 5.82 Å². The molecule has 2 rings (SSSR count). The maximum atomic E-state index is 13.8. The van der Waals surface area contributed by atoms with E-state index in [4.69, 9.17) is 0 Å². The Kier molecular flexibility index (Phi) is 3.91. The van der Waals surface area contributed by atoms with Gasteiger partial charge in [-0.15, -0.1) is 11.3 Å². The van der Waals surface area contributed by atoms with Crippen LogP contribution in [0.1, 0.15) is 10.6 Å². The minimum atomic E-state index is -0.246. The summed E-state index contributed by atoms with van der Waals surface area (Å²) >= 11 is 4.77. The highest BCUT2D eigenvalue weighted by Gasteiger charge is 2.12. The number of thiazole rings is 1. The molecule has 0 fully saturated rings. The van der Waals surface area contributed by atoms with Gasteiger partial charge in [0.2, 0.25) is 0 Å². The lowest BCUT2D eigenvalue weighted by Crippen LogP contribution is -2.04. The average Bonchev–Trinajstić information content (AvgIpc) is 2.60. The van der Waals surface area contributed by atoms with Gasteiger partial charge in [0.15, 0.2) is 0 Å². The van der Waals surface area contributed by atoms with Gasteiger partial charge in [-0.2, -0.15) is 0 Å². The summed E-state index contributed by atoms with van der Waals surface area (Å²) in [5.74, 6) is -0.246. The second-order valence-electron chi connectivity index (χ2n) is 3.68. The van der Waals surface area contributed by atoms with E-state index in [9.17, 15) is 4.39 Å². The molecule has 0 saturated carbocycles. The summed E-state index contributed by atoms with van der Waals surface area (Å²) in [6.45, 7) is 2.71. The number of hydrogen-bond acceptors (Lipinski definition) is 3. The largest absolute Gasteiger partial charge is 0.315 e. The predicted molar refractivity (Wildman–Crippen MR) is 72.7 cm³/mol. The van der Waals surface area contributed by atoms with E-state index in [0.29, 0.717) is 5.56 Å². The smallest absolute Gasteiger partial charge is 0.134 e. The van der Waals surface area contributed by atoms with E-state index in [1.165, 1.54) is 17.4 Å². The van der Waals surface area contributed by atoms with Crippen LogP contribution in [0.15, 0.2) is 22.7 Å². The highest BCUT2D eigenvalue weighted by molar-refractivity contribution is 9.10. The van der Waals surface area contributed by atoms with Gasteiger partial charge in [-0.25, -0.2) is 9.37 Å². The zero-order valence-corrected chi connectivity index (χ0v) is 12.0. The van der Waals surface area contributed by atoms with Crippen molar-refractivity contribution in [1.82, 2.24) is 10.3 Å². The van der Waals surface area contributed by atoms with Crippen LogP contribution in [-0.4, -0.2) is 12.0 Å². The second-order valence-corrected chi connectivity index (χ2v) is 5.68. The first-order chi connectivity index (χ1) is 8.11. The first-order valence-corrected chi connectivity index (χ1v) is 6.79. The van der Waals surface area contributed by atoms with Crippen LogP contribution in [0.4, 0.5) is 4.39 Å². The van der Waals surface area contributed by atoms with E-state index in [1.807, 2.05) is 20.0 Å². The lowest BCUT2D eigenvalue weighted by molar-refractivity contribution is 0.630. The molecule has 1 heterocycles. The number of nitrogens with one attached hydrogen (secondary N) is 1. The summed E-state index contributed by atoms with van der Waals surface area (Å²) in [5, 5.41) is 3.82. The Morgan fingerprint density at radius 3 is 2.88 bits per heavy atom. The highest BCUT2D eigenvalue weighted by Crippen LogP contribution is 2.30. The number of halogens is 2. The van der Waals surface area contributed by atoms with Gasteiger partial charge in [-0.3, -0.25) is 0 Å². The van der Waals surface area contributed by atoms with Gasteiger partial charge >= 0.3 is 0 Å². The Morgan fingerprint density at radius 2 is 2.24 bits per heavy atom. The summed E-state index contributed by atoms with van der Waals surface area (Å²) in [4.78, 5) is 5.56. The minimum absolute atomic E-state index is 0.246. The quantitative estimate of drug-likeness (QED) is 0.933. The molecule has 17 heavy (non-hydrogen) atoms. The standard InChI is InChI=1S/C12H12BrFN2S/c1-7-11(6-15-2)17-12(16-7)9-4-3-8(13)5-10(9)14/h3-5,15H,6H2,1-2H3. The molecule has 0 saturated heterocycles. The minimum Gasteiger partial charge on any atom is -0.315 e. The second kappa shape index (κ2) is 5.25. The van der Waals surface area contributed by atoms with E-state index in [0.717, 1.165) is 26.6 Å². The Morgan fingerprint density at radius 1 is 1.47 bits per heavy atom. The third kappa shape index (κ3) is 2.73. The molecule has 0 radical (unpaired) electrons. The van der Waals surface area contributed by atoms with Crippen molar-refractivity contribution >= 4 is 27.3 Å². The number of aryl methyl sites for hydroxylation is 1. The fourth-order valence-electron chi connectivity index (χ4n) is 1.53. The maximum absolute atomic E-state index is 13.8. The molecular weight excluding hydrogens is 303 g/mol. The molecule has 0 spiro atoms. The van der Waals surface area contributed by atoms with E-state index < -0.39 is 0 Å². The highest BCUT2D eigenvalue weighted by atomic mass is 79.9. The van der Waals surface area contributed by atoms with Gasteiger partial charge in [0.05, 0.1) is 5.69 Å². The molecule has 1 aromatic heterocycles. The molecule has 1 aromatic carbocycles. The summed E-state index contributed by atoms with van der Waals surface area (Å²) in [6.07, 6.45) is 0. The molecule has 2 aromatic rings. The summed E-state index contributed by atoms with van der Waals surface area (Å²) < 4.78 is 14.5. The number of benzene rings is 1. The number of nitrogens with zero attached hydrogens (tertiary/aromatic N) is 1. The molecule has 5 heteroatoms. The molecule has 90 valence electrons. The van der Waals surface area contributed by atoms with E-state index in [1.54, 1.807) is 6.07 Å². The third-order valence-electron chi connectivity index (χ3n) is 2.39. The van der Waals surface area contributed by atoms with Crippen molar-refractivity contribution in [3.8, 4) is 10.6 Å². The van der Waals surface area contributed by atoms with Gasteiger partial charge in [0.1, 0.15) is 10.8 Å². The van der Waals surface area contributed by atoms with Crippen molar-refractivity contribution in [2.45, 2.75) is 13.5 Å². The SMILES string of the molecule is CNCc1sc(-c2ccc(Br)cc2F)nc1C. The van der Waals surface area contributed by atoms with Crippen LogP contribution >= 0.6 is 27.3 Å². The van der Waals surface area contributed by atoms with Crippen LogP contribution in [0.5, 0.6) is 0 Å². The lowest BCUT2D eigenvalue weighted by atomic mass is 10.2. The molecule has 0 atom stereocenters. The molecule has 0 unspecified atom stereocenters. The van der Waals surface area contributed by atoms with Crippen LogP contribution in [0, 0.1) is 12.7 Å². The van der Waals surface area contributed by atoms with Crippen LogP contribution in [0.25, 0.3) is 10.6 Å². The summed E-state index contributed by atoms with van der Waals surface area (Å²) in [7, 11) is 1.89. The van der Waals surface area contributed by atoms with Gasteiger partial charge < -0.3 is 5.32 Å². The zero-order chi connectivity index (χ0) is 12.4. The van der Waals surface area contributed by atoms with E-state index in [2.05, 4.69) is 26.2 Å². The topological polar surface area (TPSA) is 24.9 Å². The summed E-state index contributed by atoms with van der Waals surface area (Å²) in [6, 6.07) is 5.04. The molecule has 0 aliphatic heterocycles. The molecule has 1 N–H and O–H groups in total. The lowest BCUT2D eigenvalue weighted by Gasteiger charge is -1.99. The fourth-order valence-corrected chi connectivity index (χ4v) is 2.97. The van der Waals surface area contributed by atoms with Crippen LogP contribution in [-0.2, 0) is 6.54 Å². The van der Waals surface area contributed by atoms with Crippen molar-refractivity contribution in [1.29, 1.82) is 0 Å².